The fraction of sp³-hybridized carbons (Fsp3) is 0.192. The zero-order valence-corrected chi connectivity index (χ0v) is 19.9. The second-order valence-electron chi connectivity index (χ2n) is 7.92. The normalized spacial score (nSPS) is 10.8. The Labute approximate surface area is 198 Å². The molecule has 1 N–H and O–H groups in total. The number of nitrogens with zero attached hydrogens (tertiary/aromatic N) is 3. The summed E-state index contributed by atoms with van der Waals surface area (Å²) in [6.07, 6.45) is 0. The van der Waals surface area contributed by atoms with Gasteiger partial charge in [0.15, 0.2) is 11.0 Å². The van der Waals surface area contributed by atoms with E-state index in [9.17, 15) is 4.79 Å². The maximum atomic E-state index is 12.7. The summed E-state index contributed by atoms with van der Waals surface area (Å²) in [5.41, 5.74) is 6.02. The Bertz CT molecular complexity index is 1260. The Hall–Kier alpha value is -3.58. The van der Waals surface area contributed by atoms with Gasteiger partial charge in [-0.15, -0.1) is 10.2 Å². The van der Waals surface area contributed by atoms with Gasteiger partial charge < -0.3 is 10.1 Å². The number of hydrogen-bond donors (Lipinski definition) is 1. The first-order valence-electron chi connectivity index (χ1n) is 10.6. The summed E-state index contributed by atoms with van der Waals surface area (Å²) in [6.45, 7) is 6.08. The average molecular weight is 459 g/mol. The molecular weight excluding hydrogens is 432 g/mol. The first-order valence-corrected chi connectivity index (χ1v) is 11.6. The third kappa shape index (κ3) is 5.43. The van der Waals surface area contributed by atoms with Gasteiger partial charge in [0, 0.05) is 16.9 Å². The maximum Gasteiger partial charge on any atom is 0.234 e. The van der Waals surface area contributed by atoms with E-state index in [4.69, 9.17) is 4.74 Å². The van der Waals surface area contributed by atoms with Crippen molar-refractivity contribution in [3.8, 4) is 22.8 Å². The molecule has 0 spiro atoms. The van der Waals surface area contributed by atoms with Crippen LogP contribution in [0.15, 0.2) is 71.9 Å². The molecule has 0 aliphatic carbocycles. The van der Waals surface area contributed by atoms with E-state index in [-0.39, 0.29) is 11.7 Å². The van der Waals surface area contributed by atoms with Crippen LogP contribution in [-0.4, -0.2) is 33.5 Å². The van der Waals surface area contributed by atoms with E-state index < -0.39 is 0 Å². The molecule has 168 valence electrons. The van der Waals surface area contributed by atoms with Crippen molar-refractivity contribution in [2.75, 3.05) is 18.2 Å². The van der Waals surface area contributed by atoms with E-state index in [1.807, 2.05) is 79.9 Å². The highest BCUT2D eigenvalue weighted by Gasteiger charge is 2.18. The predicted octanol–water partition coefficient (Wildman–Crippen LogP) is 5.60. The number of thioether (sulfide) groups is 1. The van der Waals surface area contributed by atoms with E-state index in [0.717, 1.165) is 45.2 Å². The van der Waals surface area contributed by atoms with Crippen LogP contribution >= 0.6 is 11.8 Å². The molecule has 3 aromatic carbocycles. The molecular formula is C26H26N4O2S. The summed E-state index contributed by atoms with van der Waals surface area (Å²) in [5.74, 6) is 1.62. The number of ether oxygens (including phenoxy) is 1. The largest absolute Gasteiger partial charge is 0.497 e. The quantitative estimate of drug-likeness (QED) is 0.365. The number of aromatic nitrogens is 3. The summed E-state index contributed by atoms with van der Waals surface area (Å²) in [7, 11) is 1.64. The first kappa shape index (κ1) is 22.6. The maximum absolute atomic E-state index is 12.7. The molecule has 1 amide bonds. The summed E-state index contributed by atoms with van der Waals surface area (Å²) in [5, 5.41) is 12.5. The van der Waals surface area contributed by atoms with Crippen molar-refractivity contribution in [3.05, 3.63) is 83.4 Å². The fourth-order valence-corrected chi connectivity index (χ4v) is 4.42. The average Bonchev–Trinajstić information content (AvgIpc) is 3.21. The minimum absolute atomic E-state index is 0.0913. The first-order chi connectivity index (χ1) is 15.9. The van der Waals surface area contributed by atoms with E-state index in [2.05, 4.69) is 27.6 Å². The van der Waals surface area contributed by atoms with Gasteiger partial charge in [-0.3, -0.25) is 9.36 Å². The monoisotopic (exact) mass is 458 g/mol. The Balaban J connectivity index is 1.61. The van der Waals surface area contributed by atoms with Gasteiger partial charge in [-0.25, -0.2) is 0 Å². The SMILES string of the molecule is COc1ccc(-n2c(SCC(=O)Nc3cc(C)cc(C)c3)nnc2-c2cccc(C)c2)cc1. The number of anilines is 1. The van der Waals surface area contributed by atoms with Gasteiger partial charge in [-0.05, 0) is 74.4 Å². The number of carbonyl (C=O) groups is 1. The molecule has 0 saturated heterocycles. The predicted molar refractivity (Wildman–Crippen MR) is 133 cm³/mol. The zero-order valence-electron chi connectivity index (χ0n) is 19.1. The lowest BCUT2D eigenvalue weighted by molar-refractivity contribution is -0.113. The summed E-state index contributed by atoms with van der Waals surface area (Å²) >= 11 is 1.35. The third-order valence-corrected chi connectivity index (χ3v) is 6.01. The van der Waals surface area contributed by atoms with Gasteiger partial charge in [0.1, 0.15) is 5.75 Å². The zero-order chi connectivity index (χ0) is 23.4. The number of amides is 1. The van der Waals surface area contributed by atoms with Crippen LogP contribution in [0.5, 0.6) is 5.75 Å². The molecule has 6 nitrogen and oxygen atoms in total. The Morgan fingerprint density at radius 3 is 2.33 bits per heavy atom. The molecule has 0 radical (unpaired) electrons. The van der Waals surface area contributed by atoms with Gasteiger partial charge in [0.2, 0.25) is 5.91 Å². The van der Waals surface area contributed by atoms with Crippen molar-refractivity contribution >= 4 is 23.4 Å². The van der Waals surface area contributed by atoms with Crippen LogP contribution in [0.2, 0.25) is 0 Å². The van der Waals surface area contributed by atoms with Crippen molar-refractivity contribution in [2.24, 2.45) is 0 Å². The summed E-state index contributed by atoms with van der Waals surface area (Å²) in [4.78, 5) is 12.7. The molecule has 0 atom stereocenters. The number of hydrogen-bond acceptors (Lipinski definition) is 5. The van der Waals surface area contributed by atoms with Gasteiger partial charge in [-0.2, -0.15) is 0 Å². The van der Waals surface area contributed by atoms with Crippen molar-refractivity contribution < 1.29 is 9.53 Å². The number of carbonyl (C=O) groups excluding carboxylic acids is 1. The van der Waals surface area contributed by atoms with Gasteiger partial charge in [0.25, 0.3) is 0 Å². The number of aryl methyl sites for hydroxylation is 3. The number of benzene rings is 3. The lowest BCUT2D eigenvalue weighted by Crippen LogP contribution is -2.14. The van der Waals surface area contributed by atoms with Crippen molar-refractivity contribution in [2.45, 2.75) is 25.9 Å². The van der Waals surface area contributed by atoms with Crippen molar-refractivity contribution in [1.82, 2.24) is 14.8 Å². The Kier molecular flexibility index (Phi) is 6.79. The van der Waals surface area contributed by atoms with E-state index in [0.29, 0.717) is 5.16 Å². The van der Waals surface area contributed by atoms with Crippen LogP contribution in [0.4, 0.5) is 5.69 Å². The van der Waals surface area contributed by atoms with Crippen LogP contribution in [0.25, 0.3) is 17.1 Å². The second kappa shape index (κ2) is 9.92. The van der Waals surface area contributed by atoms with E-state index in [1.165, 1.54) is 11.8 Å². The molecule has 0 fully saturated rings. The van der Waals surface area contributed by atoms with Crippen molar-refractivity contribution in [3.63, 3.8) is 0 Å². The highest BCUT2D eigenvalue weighted by atomic mass is 32.2. The molecule has 4 rings (SSSR count). The van der Waals surface area contributed by atoms with Crippen LogP contribution in [0.3, 0.4) is 0 Å². The van der Waals surface area contributed by atoms with Crippen LogP contribution in [-0.2, 0) is 4.79 Å². The molecule has 0 aliphatic rings. The number of rotatable bonds is 7. The lowest BCUT2D eigenvalue weighted by Gasteiger charge is -2.12. The third-order valence-electron chi connectivity index (χ3n) is 5.08. The minimum atomic E-state index is -0.0913. The highest BCUT2D eigenvalue weighted by molar-refractivity contribution is 7.99. The Morgan fingerprint density at radius 2 is 1.67 bits per heavy atom. The molecule has 1 heterocycles. The van der Waals surface area contributed by atoms with E-state index >= 15 is 0 Å². The second-order valence-corrected chi connectivity index (χ2v) is 8.86. The topological polar surface area (TPSA) is 69.0 Å². The molecule has 7 heteroatoms. The van der Waals surface area contributed by atoms with Crippen LogP contribution in [0, 0.1) is 20.8 Å². The molecule has 33 heavy (non-hydrogen) atoms. The van der Waals surface area contributed by atoms with Gasteiger partial charge in [-0.1, -0.05) is 41.6 Å². The highest BCUT2D eigenvalue weighted by Crippen LogP contribution is 2.29. The van der Waals surface area contributed by atoms with Crippen molar-refractivity contribution in [1.29, 1.82) is 0 Å². The molecule has 0 bridgehead atoms. The van der Waals surface area contributed by atoms with Crippen LogP contribution < -0.4 is 10.1 Å². The molecule has 4 aromatic rings. The summed E-state index contributed by atoms with van der Waals surface area (Å²) < 4.78 is 7.28. The molecule has 0 unspecified atom stereocenters. The summed E-state index contributed by atoms with van der Waals surface area (Å²) in [6, 6.07) is 21.9. The molecule has 1 aromatic heterocycles. The van der Waals surface area contributed by atoms with E-state index in [1.54, 1.807) is 7.11 Å². The number of methoxy groups -OCH3 is 1. The lowest BCUT2D eigenvalue weighted by atomic mass is 10.1. The van der Waals surface area contributed by atoms with Gasteiger partial charge >= 0.3 is 0 Å². The fourth-order valence-electron chi connectivity index (χ4n) is 3.67. The van der Waals surface area contributed by atoms with Crippen LogP contribution in [0.1, 0.15) is 16.7 Å². The number of nitrogens with one attached hydrogen (secondary N) is 1. The minimum Gasteiger partial charge on any atom is -0.497 e. The molecule has 0 saturated carbocycles. The van der Waals surface area contributed by atoms with Gasteiger partial charge in [0.05, 0.1) is 12.9 Å². The Morgan fingerprint density at radius 1 is 0.939 bits per heavy atom. The standard InChI is InChI=1S/C26H26N4O2S/c1-17-6-5-7-20(13-17)25-28-29-26(30(25)22-8-10-23(32-4)11-9-22)33-16-24(31)27-21-14-18(2)12-19(3)15-21/h5-15H,16H2,1-4H3,(H,27,31). The smallest absolute Gasteiger partial charge is 0.234 e. The molecule has 0 aliphatic heterocycles.